The minimum atomic E-state index is 0.460. The highest BCUT2D eigenvalue weighted by atomic mass is 35.5. The highest BCUT2D eigenvalue weighted by Crippen LogP contribution is 2.39. The Kier molecular flexibility index (Phi) is 2.82. The Hall–Kier alpha value is -1.42. The second-order valence-corrected chi connectivity index (χ2v) is 5.50. The van der Waals surface area contributed by atoms with Crippen LogP contribution in [0.15, 0.2) is 18.2 Å². The predicted molar refractivity (Wildman–Crippen MR) is 70.2 cm³/mol. The Labute approximate surface area is 111 Å². The fraction of sp³-hybridized carbons (Fsp3) is 0.462. The van der Waals surface area contributed by atoms with Gasteiger partial charge in [0.15, 0.2) is 5.82 Å². The van der Waals surface area contributed by atoms with E-state index in [9.17, 15) is 0 Å². The monoisotopic (exact) mass is 262 g/mol. The quantitative estimate of drug-likeness (QED) is 0.852. The lowest BCUT2D eigenvalue weighted by atomic mass is 10.0. The van der Waals surface area contributed by atoms with Gasteiger partial charge in [-0.2, -0.15) is 4.68 Å². The molecular weight excluding hydrogens is 248 g/mol. The molecule has 0 aliphatic heterocycles. The van der Waals surface area contributed by atoms with E-state index in [-0.39, 0.29) is 0 Å². The molecule has 3 rings (SSSR count). The molecule has 0 N–H and O–H groups in total. The molecule has 0 spiro atoms. The lowest BCUT2D eigenvalue weighted by molar-refractivity contribution is 0.759. The highest BCUT2D eigenvalue weighted by molar-refractivity contribution is 6.32. The minimum Gasteiger partial charge on any atom is -0.196 e. The van der Waals surface area contributed by atoms with Crippen molar-refractivity contribution in [1.82, 2.24) is 20.2 Å². The van der Waals surface area contributed by atoms with Crippen LogP contribution in [0.2, 0.25) is 5.02 Å². The molecule has 0 amide bonds. The van der Waals surface area contributed by atoms with Gasteiger partial charge in [0.25, 0.3) is 0 Å². The zero-order valence-corrected chi connectivity index (χ0v) is 11.2. The van der Waals surface area contributed by atoms with Crippen LogP contribution in [-0.2, 0) is 0 Å². The van der Waals surface area contributed by atoms with E-state index in [1.54, 1.807) is 4.68 Å². The van der Waals surface area contributed by atoms with Crippen molar-refractivity contribution in [2.24, 2.45) is 0 Å². The summed E-state index contributed by atoms with van der Waals surface area (Å²) in [5.41, 5.74) is 2.13. The molecule has 94 valence electrons. The van der Waals surface area contributed by atoms with Crippen LogP contribution < -0.4 is 0 Å². The van der Waals surface area contributed by atoms with E-state index in [0.29, 0.717) is 16.9 Å². The van der Waals surface area contributed by atoms with Crippen molar-refractivity contribution in [3.63, 3.8) is 0 Å². The van der Waals surface area contributed by atoms with Gasteiger partial charge >= 0.3 is 0 Å². The maximum Gasteiger partial charge on any atom is 0.159 e. The molecule has 1 aromatic heterocycles. The van der Waals surface area contributed by atoms with Gasteiger partial charge in [0.1, 0.15) is 0 Å². The van der Waals surface area contributed by atoms with Gasteiger partial charge < -0.3 is 0 Å². The third-order valence-electron chi connectivity index (χ3n) is 3.30. The normalized spacial score (nSPS) is 15.3. The van der Waals surface area contributed by atoms with Crippen LogP contribution in [0, 0.1) is 0 Å². The summed E-state index contributed by atoms with van der Waals surface area (Å²) in [5.74, 6) is 1.89. The molecule has 2 aromatic rings. The summed E-state index contributed by atoms with van der Waals surface area (Å²) in [4.78, 5) is 0. The van der Waals surface area contributed by atoms with E-state index >= 15 is 0 Å². The van der Waals surface area contributed by atoms with E-state index < -0.39 is 0 Å². The molecule has 1 aromatic carbocycles. The second-order valence-electron chi connectivity index (χ2n) is 5.09. The average Bonchev–Trinajstić information content (AvgIpc) is 3.08. The van der Waals surface area contributed by atoms with Gasteiger partial charge in [-0.25, -0.2) is 0 Å². The van der Waals surface area contributed by atoms with Gasteiger partial charge in [-0.1, -0.05) is 31.5 Å². The van der Waals surface area contributed by atoms with Gasteiger partial charge in [-0.3, -0.25) is 0 Å². The smallest absolute Gasteiger partial charge is 0.159 e. The Morgan fingerprint density at radius 3 is 2.78 bits per heavy atom. The van der Waals surface area contributed by atoms with Crippen LogP contribution in [0.4, 0.5) is 0 Å². The number of hydrogen-bond acceptors (Lipinski definition) is 3. The van der Waals surface area contributed by atoms with E-state index in [2.05, 4.69) is 41.5 Å². The van der Waals surface area contributed by atoms with Crippen molar-refractivity contribution < 1.29 is 0 Å². The van der Waals surface area contributed by atoms with Gasteiger partial charge in [0.2, 0.25) is 0 Å². The Morgan fingerprint density at radius 2 is 2.11 bits per heavy atom. The van der Waals surface area contributed by atoms with Crippen molar-refractivity contribution in [3.05, 3.63) is 34.6 Å². The SMILES string of the molecule is CC(C)c1ccc(Cl)c(-n2nnnc2C2CC2)c1. The molecule has 4 nitrogen and oxygen atoms in total. The molecule has 1 fully saturated rings. The number of halogens is 1. The number of hydrogen-bond donors (Lipinski definition) is 0. The van der Waals surface area contributed by atoms with Crippen LogP contribution in [0.5, 0.6) is 0 Å². The van der Waals surface area contributed by atoms with Gasteiger partial charge in [0, 0.05) is 5.92 Å². The summed E-state index contributed by atoms with van der Waals surface area (Å²) in [6.45, 7) is 4.32. The molecule has 0 atom stereocenters. The number of benzene rings is 1. The number of aromatic nitrogens is 4. The fourth-order valence-electron chi connectivity index (χ4n) is 2.01. The summed E-state index contributed by atoms with van der Waals surface area (Å²) in [5, 5.41) is 12.7. The molecule has 1 heterocycles. The molecule has 1 aliphatic carbocycles. The van der Waals surface area contributed by atoms with Crippen molar-refractivity contribution in [3.8, 4) is 5.69 Å². The summed E-state index contributed by atoms with van der Waals surface area (Å²) in [6, 6.07) is 6.05. The minimum absolute atomic E-state index is 0.460. The predicted octanol–water partition coefficient (Wildman–Crippen LogP) is 3.32. The Bertz CT molecular complexity index is 572. The van der Waals surface area contributed by atoms with Gasteiger partial charge in [-0.05, 0) is 46.9 Å². The molecule has 18 heavy (non-hydrogen) atoms. The van der Waals surface area contributed by atoms with Crippen LogP contribution in [-0.4, -0.2) is 20.2 Å². The summed E-state index contributed by atoms with van der Waals surface area (Å²) in [6.07, 6.45) is 2.34. The van der Waals surface area contributed by atoms with Crippen molar-refractivity contribution in [2.45, 2.75) is 38.5 Å². The summed E-state index contributed by atoms with van der Waals surface area (Å²) < 4.78 is 1.78. The summed E-state index contributed by atoms with van der Waals surface area (Å²) >= 11 is 6.27. The molecular formula is C13H15ClN4. The molecule has 0 unspecified atom stereocenters. The lowest BCUT2D eigenvalue weighted by Crippen LogP contribution is -2.04. The third kappa shape index (κ3) is 2.01. The molecule has 5 heteroatoms. The first kappa shape index (κ1) is 11.7. The van der Waals surface area contributed by atoms with Crippen LogP contribution >= 0.6 is 11.6 Å². The maximum atomic E-state index is 6.27. The standard InChI is InChI=1S/C13H15ClN4/c1-8(2)10-5-6-11(14)12(7-10)18-13(9-3-4-9)15-16-17-18/h5-9H,3-4H2,1-2H3. The molecule has 0 bridgehead atoms. The number of tetrazole rings is 1. The lowest BCUT2D eigenvalue weighted by Gasteiger charge is -2.10. The molecule has 0 radical (unpaired) electrons. The highest BCUT2D eigenvalue weighted by Gasteiger charge is 2.30. The van der Waals surface area contributed by atoms with Crippen LogP contribution in [0.25, 0.3) is 5.69 Å². The first-order chi connectivity index (χ1) is 8.66. The fourth-order valence-corrected chi connectivity index (χ4v) is 2.21. The second kappa shape index (κ2) is 4.35. The molecule has 1 aliphatic rings. The summed E-state index contributed by atoms with van der Waals surface area (Å²) in [7, 11) is 0. The first-order valence-corrected chi connectivity index (χ1v) is 6.62. The maximum absolute atomic E-state index is 6.27. The number of nitrogens with zero attached hydrogens (tertiary/aromatic N) is 4. The van der Waals surface area contributed by atoms with Crippen molar-refractivity contribution in [2.75, 3.05) is 0 Å². The largest absolute Gasteiger partial charge is 0.196 e. The van der Waals surface area contributed by atoms with Crippen molar-refractivity contribution in [1.29, 1.82) is 0 Å². The third-order valence-corrected chi connectivity index (χ3v) is 3.62. The van der Waals surface area contributed by atoms with E-state index in [0.717, 1.165) is 11.5 Å². The number of rotatable bonds is 3. The van der Waals surface area contributed by atoms with Gasteiger partial charge in [0.05, 0.1) is 10.7 Å². The molecule has 0 saturated heterocycles. The Morgan fingerprint density at radius 1 is 1.33 bits per heavy atom. The van der Waals surface area contributed by atoms with E-state index in [1.807, 2.05) is 6.07 Å². The topological polar surface area (TPSA) is 43.6 Å². The first-order valence-electron chi connectivity index (χ1n) is 6.25. The Balaban J connectivity index is 2.09. The van der Waals surface area contributed by atoms with E-state index in [1.165, 1.54) is 18.4 Å². The van der Waals surface area contributed by atoms with E-state index in [4.69, 9.17) is 11.6 Å². The molecule has 1 saturated carbocycles. The zero-order chi connectivity index (χ0) is 12.7. The van der Waals surface area contributed by atoms with Crippen molar-refractivity contribution >= 4 is 11.6 Å². The average molecular weight is 263 g/mol. The van der Waals surface area contributed by atoms with Crippen LogP contribution in [0.1, 0.15) is 49.9 Å². The van der Waals surface area contributed by atoms with Gasteiger partial charge in [-0.15, -0.1) is 5.10 Å². The zero-order valence-electron chi connectivity index (χ0n) is 10.5. The van der Waals surface area contributed by atoms with Crippen LogP contribution in [0.3, 0.4) is 0 Å².